The van der Waals surface area contributed by atoms with Crippen molar-refractivity contribution in [3.05, 3.63) is 24.8 Å². The highest BCUT2D eigenvalue weighted by Gasteiger charge is 2.08. The number of carbonyl (C=O) groups is 1. The van der Waals surface area contributed by atoms with Crippen LogP contribution < -0.4 is 5.32 Å². The first kappa shape index (κ1) is 15.2. The quantitative estimate of drug-likeness (QED) is 0.393. The molecule has 0 aliphatic carbocycles. The molecule has 16 heavy (non-hydrogen) atoms. The van der Waals surface area contributed by atoms with Crippen molar-refractivity contribution < 1.29 is 4.79 Å². The van der Waals surface area contributed by atoms with Crippen LogP contribution >= 0.6 is 0 Å². The Bertz CT molecular complexity index is 241. The van der Waals surface area contributed by atoms with Gasteiger partial charge in [0.15, 0.2) is 0 Å². The molecule has 0 aliphatic rings. The number of rotatable bonds is 8. The predicted octanol–water partition coefficient (Wildman–Crippen LogP) is 3.35. The topological polar surface area (TPSA) is 29.1 Å². The molecule has 0 heterocycles. The highest BCUT2D eigenvalue weighted by atomic mass is 28.3. The third-order valence-corrected chi connectivity index (χ3v) is 3.56. The van der Waals surface area contributed by atoms with Crippen LogP contribution in [0.1, 0.15) is 19.3 Å². The van der Waals surface area contributed by atoms with Gasteiger partial charge in [0.2, 0.25) is 5.91 Å². The summed E-state index contributed by atoms with van der Waals surface area (Å²) in [5, 5.41) is 2.86. The van der Waals surface area contributed by atoms with Gasteiger partial charge in [-0.3, -0.25) is 4.79 Å². The van der Waals surface area contributed by atoms with Crippen LogP contribution in [0.4, 0.5) is 0 Å². The molecule has 92 valence electrons. The van der Waals surface area contributed by atoms with Crippen LogP contribution in [0.15, 0.2) is 24.8 Å². The number of amides is 1. The average molecular weight is 239 g/mol. The molecule has 0 atom stereocenters. The van der Waals surface area contributed by atoms with Crippen molar-refractivity contribution in [3.63, 3.8) is 0 Å². The summed E-state index contributed by atoms with van der Waals surface area (Å²) >= 11 is 0. The highest BCUT2D eigenvalue weighted by molar-refractivity contribution is 6.76. The van der Waals surface area contributed by atoms with Crippen molar-refractivity contribution in [2.75, 3.05) is 6.54 Å². The minimum Gasteiger partial charge on any atom is -0.356 e. The summed E-state index contributed by atoms with van der Waals surface area (Å²) in [6, 6.07) is 1.25. The molecule has 0 fully saturated rings. The van der Waals surface area contributed by atoms with Gasteiger partial charge in [0.1, 0.15) is 0 Å². The van der Waals surface area contributed by atoms with E-state index in [0.29, 0.717) is 6.42 Å². The minimum atomic E-state index is -0.922. The largest absolute Gasteiger partial charge is 0.356 e. The van der Waals surface area contributed by atoms with Gasteiger partial charge in [0, 0.05) is 21.0 Å². The Balaban J connectivity index is 3.40. The van der Waals surface area contributed by atoms with E-state index < -0.39 is 8.07 Å². The molecule has 1 N–H and O–H groups in total. The Labute approximate surface area is 101 Å². The van der Waals surface area contributed by atoms with Crippen molar-refractivity contribution >= 4 is 14.0 Å². The summed E-state index contributed by atoms with van der Waals surface area (Å²) < 4.78 is 0. The van der Waals surface area contributed by atoms with Crippen LogP contribution in [0.3, 0.4) is 0 Å². The molecule has 0 saturated heterocycles. The molecule has 0 spiro atoms. The summed E-state index contributed by atoms with van der Waals surface area (Å²) in [4.78, 5) is 11.1. The molecule has 0 aromatic heterocycles. The Morgan fingerprint density at radius 3 is 2.56 bits per heavy atom. The summed E-state index contributed by atoms with van der Waals surface area (Å²) in [6.45, 7) is 11.4. The maximum Gasteiger partial charge on any atom is 0.223 e. The third-order valence-electron chi connectivity index (χ3n) is 2.10. The van der Waals surface area contributed by atoms with E-state index in [0.717, 1.165) is 19.4 Å². The fourth-order valence-electron chi connectivity index (χ4n) is 1.21. The zero-order valence-electron chi connectivity index (χ0n) is 10.9. The van der Waals surface area contributed by atoms with Crippen LogP contribution in [0.5, 0.6) is 0 Å². The number of allylic oxidation sites excluding steroid dienone is 2. The molecule has 0 saturated carbocycles. The second-order valence-electron chi connectivity index (χ2n) is 5.22. The first-order valence-corrected chi connectivity index (χ1v) is 9.69. The Hall–Kier alpha value is -0.833. The highest BCUT2D eigenvalue weighted by Crippen LogP contribution is 2.08. The van der Waals surface area contributed by atoms with E-state index in [9.17, 15) is 4.79 Å². The van der Waals surface area contributed by atoms with Crippen molar-refractivity contribution in [2.45, 2.75) is 44.9 Å². The lowest BCUT2D eigenvalue weighted by Crippen LogP contribution is -2.23. The molecule has 0 unspecified atom stereocenters. The van der Waals surface area contributed by atoms with Gasteiger partial charge in [-0.25, -0.2) is 0 Å². The zero-order valence-corrected chi connectivity index (χ0v) is 11.9. The first-order chi connectivity index (χ1) is 7.45. The SMILES string of the molecule is C=CCC(=O)NCCC/C=C/C[Si](C)(C)C. The van der Waals surface area contributed by atoms with Crippen LogP contribution in [0, 0.1) is 0 Å². The summed E-state index contributed by atoms with van der Waals surface area (Å²) in [6.07, 6.45) is 8.65. The number of hydrogen-bond donors (Lipinski definition) is 1. The van der Waals surface area contributed by atoms with E-state index in [1.807, 2.05) is 0 Å². The molecular weight excluding hydrogens is 214 g/mol. The molecule has 0 radical (unpaired) electrons. The molecule has 2 nitrogen and oxygen atoms in total. The lowest BCUT2D eigenvalue weighted by Gasteiger charge is -2.11. The average Bonchev–Trinajstić information content (AvgIpc) is 2.15. The van der Waals surface area contributed by atoms with E-state index in [2.05, 4.69) is 43.7 Å². The molecule has 1 amide bonds. The van der Waals surface area contributed by atoms with Gasteiger partial charge in [0.05, 0.1) is 0 Å². The van der Waals surface area contributed by atoms with Gasteiger partial charge in [-0.15, -0.1) is 6.58 Å². The molecular formula is C13H25NOSi. The lowest BCUT2D eigenvalue weighted by atomic mass is 10.3. The van der Waals surface area contributed by atoms with E-state index in [1.54, 1.807) is 6.08 Å². The lowest BCUT2D eigenvalue weighted by molar-refractivity contribution is -0.120. The molecule has 0 aromatic rings. The standard InChI is InChI=1S/C13H25NOSi/c1-5-10-13(15)14-11-8-6-7-9-12-16(2,3)4/h5,7,9H,1,6,8,10-12H2,2-4H3,(H,14,15)/b9-7+. The second kappa shape index (κ2) is 8.33. The molecule has 0 aromatic carbocycles. The zero-order chi connectivity index (χ0) is 12.4. The number of hydrogen-bond acceptors (Lipinski definition) is 1. The minimum absolute atomic E-state index is 0.0704. The Morgan fingerprint density at radius 2 is 2.00 bits per heavy atom. The van der Waals surface area contributed by atoms with Gasteiger partial charge < -0.3 is 5.32 Å². The van der Waals surface area contributed by atoms with Gasteiger partial charge >= 0.3 is 0 Å². The summed E-state index contributed by atoms with van der Waals surface area (Å²) in [5.74, 6) is 0.0704. The Kier molecular flexibility index (Phi) is 7.90. The molecule has 0 rings (SSSR count). The first-order valence-electron chi connectivity index (χ1n) is 5.98. The number of unbranched alkanes of at least 4 members (excludes halogenated alkanes) is 1. The van der Waals surface area contributed by atoms with Gasteiger partial charge in [-0.2, -0.15) is 0 Å². The molecule has 0 bridgehead atoms. The van der Waals surface area contributed by atoms with Gasteiger partial charge in [0.25, 0.3) is 0 Å². The number of nitrogens with one attached hydrogen (secondary N) is 1. The maximum absolute atomic E-state index is 11.1. The summed E-state index contributed by atoms with van der Waals surface area (Å²) in [7, 11) is -0.922. The smallest absolute Gasteiger partial charge is 0.223 e. The second-order valence-corrected chi connectivity index (χ2v) is 10.8. The molecule has 0 aliphatic heterocycles. The monoisotopic (exact) mass is 239 g/mol. The fourth-order valence-corrected chi connectivity index (χ4v) is 2.08. The van der Waals surface area contributed by atoms with Gasteiger partial charge in [-0.1, -0.05) is 37.9 Å². The predicted molar refractivity (Wildman–Crippen MR) is 74.4 cm³/mol. The van der Waals surface area contributed by atoms with E-state index in [1.165, 1.54) is 6.04 Å². The third kappa shape index (κ3) is 11.2. The van der Waals surface area contributed by atoms with E-state index in [-0.39, 0.29) is 5.91 Å². The maximum atomic E-state index is 11.1. The number of carbonyl (C=O) groups excluding carboxylic acids is 1. The van der Waals surface area contributed by atoms with Crippen molar-refractivity contribution in [1.82, 2.24) is 5.32 Å². The van der Waals surface area contributed by atoms with Crippen molar-refractivity contribution in [1.29, 1.82) is 0 Å². The van der Waals surface area contributed by atoms with Crippen LogP contribution in [0.2, 0.25) is 25.7 Å². The van der Waals surface area contributed by atoms with Crippen LogP contribution in [0.25, 0.3) is 0 Å². The normalized spacial score (nSPS) is 11.7. The van der Waals surface area contributed by atoms with E-state index in [4.69, 9.17) is 0 Å². The summed E-state index contributed by atoms with van der Waals surface area (Å²) in [5.41, 5.74) is 0. The van der Waals surface area contributed by atoms with Gasteiger partial charge in [-0.05, 0) is 18.9 Å². The van der Waals surface area contributed by atoms with Crippen molar-refractivity contribution in [2.24, 2.45) is 0 Å². The fraction of sp³-hybridized carbons (Fsp3) is 0.615. The van der Waals surface area contributed by atoms with Crippen LogP contribution in [-0.2, 0) is 4.79 Å². The van der Waals surface area contributed by atoms with E-state index >= 15 is 0 Å². The van der Waals surface area contributed by atoms with Crippen LogP contribution in [-0.4, -0.2) is 20.5 Å². The molecule has 3 heteroatoms. The Morgan fingerprint density at radius 1 is 1.31 bits per heavy atom. The van der Waals surface area contributed by atoms with Crippen molar-refractivity contribution in [3.8, 4) is 0 Å².